The Morgan fingerprint density at radius 2 is 1.11 bits per heavy atom. The summed E-state index contributed by atoms with van der Waals surface area (Å²) in [5, 5.41) is 13.6. The molecule has 2 aliphatic carbocycles. The second-order valence-electron chi connectivity index (χ2n) is 17.6. The van der Waals surface area contributed by atoms with E-state index in [1.54, 1.807) is 0 Å². The summed E-state index contributed by atoms with van der Waals surface area (Å²) in [5.74, 6) is 2.11. The molecule has 4 heteroatoms. The number of hydrogen-bond acceptors (Lipinski definition) is 4. The van der Waals surface area contributed by atoms with E-state index in [9.17, 15) is 0 Å². The number of aliphatic imine (C=N–C) groups is 1. The van der Waals surface area contributed by atoms with Crippen LogP contribution in [-0.4, -0.2) is 33.8 Å². The van der Waals surface area contributed by atoms with Crippen LogP contribution in [0, 0.1) is 0 Å². The molecule has 2 atom stereocenters. The number of amidine groups is 1. The van der Waals surface area contributed by atoms with Gasteiger partial charge in [0.2, 0.25) is 0 Å². The molecular weight excluding hydrogens is 777 g/mol. The molecule has 13 rings (SSSR count). The van der Waals surface area contributed by atoms with Gasteiger partial charge in [0.1, 0.15) is 5.84 Å². The average Bonchev–Trinajstić information content (AvgIpc) is 3.36. The van der Waals surface area contributed by atoms with Crippen LogP contribution in [0.15, 0.2) is 199 Å². The van der Waals surface area contributed by atoms with Gasteiger partial charge >= 0.3 is 0 Å². The van der Waals surface area contributed by atoms with Gasteiger partial charge in [-0.25, -0.2) is 15.0 Å². The summed E-state index contributed by atoms with van der Waals surface area (Å²) >= 11 is 0. The number of likely N-dealkylation sites (N-methyl/N-ethyl adjacent to an activating group) is 1. The molecule has 1 aliphatic heterocycles. The summed E-state index contributed by atoms with van der Waals surface area (Å²) in [6.45, 7) is 2.36. The second kappa shape index (κ2) is 14.3. The van der Waals surface area contributed by atoms with Crippen LogP contribution in [0.1, 0.15) is 41.5 Å². The molecule has 0 fully saturated rings. The molecule has 0 amide bonds. The molecule has 0 spiro atoms. The summed E-state index contributed by atoms with van der Waals surface area (Å²) in [7, 11) is 2.18. The van der Waals surface area contributed by atoms with Crippen molar-refractivity contribution in [2.45, 2.75) is 25.3 Å². The Kier molecular flexibility index (Phi) is 8.20. The molecule has 3 aliphatic rings. The first kappa shape index (κ1) is 36.7. The van der Waals surface area contributed by atoms with E-state index in [1.165, 1.54) is 70.6 Å². The van der Waals surface area contributed by atoms with E-state index < -0.39 is 0 Å². The Morgan fingerprint density at radius 1 is 0.500 bits per heavy atom. The summed E-state index contributed by atoms with van der Waals surface area (Å²) < 4.78 is 0. The van der Waals surface area contributed by atoms with Crippen LogP contribution in [0.25, 0.3) is 99.2 Å². The Hall–Kier alpha value is -7.95. The molecule has 302 valence electrons. The zero-order chi connectivity index (χ0) is 42.5. The number of para-hydroxylation sites is 1. The predicted molar refractivity (Wildman–Crippen MR) is 270 cm³/mol. The lowest BCUT2D eigenvalue weighted by atomic mass is 9.81. The van der Waals surface area contributed by atoms with Crippen LogP contribution in [0.3, 0.4) is 0 Å². The zero-order valence-corrected chi connectivity index (χ0v) is 35.6. The number of aromatic nitrogens is 2. The van der Waals surface area contributed by atoms with Gasteiger partial charge in [0.05, 0.1) is 22.9 Å². The maximum atomic E-state index is 5.61. The highest BCUT2D eigenvalue weighted by Crippen LogP contribution is 2.43. The lowest BCUT2D eigenvalue weighted by molar-refractivity contribution is 0.469. The van der Waals surface area contributed by atoms with Crippen LogP contribution in [0.5, 0.6) is 0 Å². The smallest absolute Gasteiger partial charge is 0.160 e. The molecule has 0 radical (unpaired) electrons. The van der Waals surface area contributed by atoms with E-state index in [0.29, 0.717) is 11.7 Å². The zero-order valence-electron chi connectivity index (χ0n) is 35.6. The van der Waals surface area contributed by atoms with Gasteiger partial charge in [-0.15, -0.1) is 0 Å². The van der Waals surface area contributed by atoms with Gasteiger partial charge < -0.3 is 4.90 Å². The van der Waals surface area contributed by atoms with Gasteiger partial charge in [0.25, 0.3) is 0 Å². The lowest BCUT2D eigenvalue weighted by Gasteiger charge is -2.36. The van der Waals surface area contributed by atoms with Gasteiger partial charge in [-0.05, 0) is 102 Å². The van der Waals surface area contributed by atoms with Gasteiger partial charge in [-0.3, -0.25) is 0 Å². The molecule has 0 saturated carbocycles. The monoisotopic (exact) mass is 818 g/mol. The Labute approximate surface area is 371 Å². The summed E-state index contributed by atoms with van der Waals surface area (Å²) in [5.41, 5.74) is 10.9. The maximum absolute atomic E-state index is 5.61. The van der Waals surface area contributed by atoms with Crippen LogP contribution in [-0.2, 0) is 0 Å². The largest absolute Gasteiger partial charge is 0.349 e. The third kappa shape index (κ3) is 5.58. The van der Waals surface area contributed by atoms with Gasteiger partial charge in [0, 0.05) is 40.3 Å². The summed E-state index contributed by atoms with van der Waals surface area (Å²) in [6, 6.07) is 57.2. The normalized spacial score (nSPS) is 17.0. The minimum Gasteiger partial charge on any atom is -0.349 e. The van der Waals surface area contributed by atoms with Gasteiger partial charge in [0.15, 0.2) is 5.82 Å². The fourth-order valence-electron chi connectivity index (χ4n) is 10.9. The van der Waals surface area contributed by atoms with E-state index in [4.69, 9.17) is 15.0 Å². The number of rotatable bonds is 4. The number of allylic oxidation sites excluding steroid dienone is 3. The third-order valence-corrected chi connectivity index (χ3v) is 13.9. The van der Waals surface area contributed by atoms with E-state index in [1.807, 2.05) is 0 Å². The first-order chi connectivity index (χ1) is 31.6. The fourth-order valence-corrected chi connectivity index (χ4v) is 10.9. The number of fused-ring (bicyclic) bond motifs is 14. The van der Waals surface area contributed by atoms with Crippen molar-refractivity contribution in [2.75, 3.05) is 7.05 Å². The van der Waals surface area contributed by atoms with Crippen molar-refractivity contribution >= 4 is 82.4 Å². The summed E-state index contributed by atoms with van der Waals surface area (Å²) in [6.07, 6.45) is 14.5. The quantitative estimate of drug-likeness (QED) is 0.166. The minimum atomic E-state index is 0.0323. The van der Waals surface area contributed by atoms with Crippen molar-refractivity contribution in [3.63, 3.8) is 0 Å². The molecule has 2 heterocycles. The van der Waals surface area contributed by atoms with Crippen LogP contribution in [0.4, 0.5) is 0 Å². The van der Waals surface area contributed by atoms with Crippen molar-refractivity contribution in [1.29, 1.82) is 0 Å². The van der Waals surface area contributed by atoms with Gasteiger partial charge in [-0.1, -0.05) is 177 Å². The molecule has 0 saturated heterocycles. The molecule has 4 nitrogen and oxygen atoms in total. The van der Waals surface area contributed by atoms with E-state index in [-0.39, 0.29) is 6.04 Å². The van der Waals surface area contributed by atoms with Crippen molar-refractivity contribution in [3.8, 4) is 22.6 Å². The van der Waals surface area contributed by atoms with Crippen LogP contribution >= 0.6 is 0 Å². The van der Waals surface area contributed by atoms with E-state index in [2.05, 4.69) is 213 Å². The molecule has 9 aromatic carbocycles. The first-order valence-electron chi connectivity index (χ1n) is 22.3. The van der Waals surface area contributed by atoms with Crippen LogP contribution in [0.2, 0.25) is 0 Å². The van der Waals surface area contributed by atoms with E-state index >= 15 is 0 Å². The first-order valence-corrected chi connectivity index (χ1v) is 22.3. The maximum Gasteiger partial charge on any atom is 0.160 e. The third-order valence-electron chi connectivity index (χ3n) is 13.9. The molecular formula is C60H42N4. The predicted octanol–water partition coefficient (Wildman–Crippen LogP) is 14.8. The van der Waals surface area contributed by atoms with E-state index in [0.717, 1.165) is 56.8 Å². The Balaban J connectivity index is 0.963. The van der Waals surface area contributed by atoms with Crippen LogP contribution < -0.4 is 0 Å². The molecule has 0 N–H and O–H groups in total. The molecule has 1 aromatic heterocycles. The highest BCUT2D eigenvalue weighted by Gasteiger charge is 2.30. The highest BCUT2D eigenvalue weighted by atomic mass is 15.2. The van der Waals surface area contributed by atoms with Crippen molar-refractivity contribution in [2.24, 2.45) is 4.99 Å². The van der Waals surface area contributed by atoms with Crippen molar-refractivity contribution < 1.29 is 0 Å². The Morgan fingerprint density at radius 3 is 1.89 bits per heavy atom. The molecule has 2 unspecified atom stereocenters. The Bertz CT molecular complexity index is 3770. The second-order valence-corrected chi connectivity index (χ2v) is 17.6. The standard InChI is InChI=1S/C60H42N4/c1-36-15-13-26-48-44-21-6-8-23-46(44)53-35-40(30-32-49(53)56(36)48)60-63-58(51-25-10-12-28-55(51)64(60)2)38-17-14-16-37(33-38)57-50-24-9-11-27-54(50)61-59(62-57)39-29-31-47-43-20-4-3-18-41(43)42-19-5-7-22-45(42)52(47)34-39/h3-14,16-36,55H,15H2,1-2H3. The highest BCUT2D eigenvalue weighted by molar-refractivity contribution is 6.26. The van der Waals surface area contributed by atoms with Gasteiger partial charge in [-0.2, -0.15) is 0 Å². The molecule has 10 aromatic rings. The molecule has 0 bridgehead atoms. The fraction of sp³-hybridized carbons (Fsp3) is 0.0833. The lowest BCUT2D eigenvalue weighted by Crippen LogP contribution is -2.40. The molecule has 64 heavy (non-hydrogen) atoms. The average molecular weight is 819 g/mol. The number of nitrogens with zero attached hydrogens (tertiary/aromatic N) is 4. The van der Waals surface area contributed by atoms with Crippen molar-refractivity contribution in [1.82, 2.24) is 14.9 Å². The van der Waals surface area contributed by atoms with Crippen molar-refractivity contribution in [3.05, 3.63) is 216 Å². The summed E-state index contributed by atoms with van der Waals surface area (Å²) in [4.78, 5) is 18.6. The number of benzene rings is 9. The SMILES string of the molecule is CC1CC=Cc2c1c1ccc(C3=NC(c4cccc(-c5nc(-c6ccc7c8ccccc8c8ccccc8c7c6)nc6ccccc56)c4)=C4C=CC=CC4N3C)cc1c1ccccc21. The number of hydrogen-bond donors (Lipinski definition) is 0. The minimum absolute atomic E-state index is 0.0323. The topological polar surface area (TPSA) is 41.4 Å².